The van der Waals surface area contributed by atoms with Crippen molar-refractivity contribution >= 4 is 21.8 Å². The SMILES string of the molecule is COc1cccc(OC)c1-n1c(NS(=O)(=O)[C@@H](C)[C@H](C)c2ncc(C)cn2)nnc1C(=O)C1CC1. The van der Waals surface area contributed by atoms with Crippen LogP contribution in [-0.2, 0) is 10.0 Å². The van der Waals surface area contributed by atoms with Crippen molar-refractivity contribution in [3.63, 3.8) is 0 Å². The van der Waals surface area contributed by atoms with E-state index in [9.17, 15) is 13.2 Å². The number of ether oxygens (including phenoxy) is 2. The molecule has 1 aliphatic rings. The van der Waals surface area contributed by atoms with E-state index in [2.05, 4.69) is 24.9 Å². The molecule has 1 saturated carbocycles. The number of aryl methyl sites for hydroxylation is 1. The standard InChI is InChI=1S/C23H28N6O5S/c1-13-11-24-21(25-12-13)14(2)15(3)35(31,32)28-23-27-26-22(20(30)16-9-10-16)29(23)19-17(33-4)7-6-8-18(19)34-5/h6-8,11-12,14-16H,9-10H2,1-5H3,(H,27,28)/t14-,15-/m0/s1. The van der Waals surface area contributed by atoms with Crippen molar-refractivity contribution in [2.75, 3.05) is 18.9 Å². The molecular weight excluding hydrogens is 472 g/mol. The van der Waals surface area contributed by atoms with Crippen molar-refractivity contribution in [1.29, 1.82) is 0 Å². The van der Waals surface area contributed by atoms with Crippen molar-refractivity contribution in [3.05, 3.63) is 47.8 Å². The second kappa shape index (κ2) is 9.61. The number of hydrogen-bond acceptors (Lipinski definition) is 9. The number of ketones is 1. The number of hydrogen-bond donors (Lipinski definition) is 1. The van der Waals surface area contributed by atoms with Crippen LogP contribution in [0.3, 0.4) is 0 Å². The third-order valence-electron chi connectivity index (χ3n) is 6.09. The molecule has 186 valence electrons. The molecule has 11 nitrogen and oxygen atoms in total. The lowest BCUT2D eigenvalue weighted by molar-refractivity contribution is 0.0955. The van der Waals surface area contributed by atoms with Gasteiger partial charge in [0.05, 0.1) is 19.5 Å². The lowest BCUT2D eigenvalue weighted by Gasteiger charge is -2.21. The fraction of sp³-hybridized carbons (Fsp3) is 0.435. The van der Waals surface area contributed by atoms with Crippen LogP contribution in [0.2, 0.25) is 0 Å². The second-order valence-electron chi connectivity index (χ2n) is 8.59. The van der Waals surface area contributed by atoms with E-state index in [4.69, 9.17) is 9.47 Å². The first kappa shape index (κ1) is 24.6. The molecule has 0 unspecified atom stereocenters. The number of para-hydroxylation sites is 1. The Labute approximate surface area is 204 Å². The van der Waals surface area contributed by atoms with Gasteiger partial charge in [0, 0.05) is 24.2 Å². The molecule has 3 aromatic rings. The number of methoxy groups -OCH3 is 2. The number of sulfonamides is 1. The Morgan fingerprint density at radius 2 is 1.69 bits per heavy atom. The van der Waals surface area contributed by atoms with Gasteiger partial charge < -0.3 is 9.47 Å². The van der Waals surface area contributed by atoms with E-state index in [1.165, 1.54) is 18.8 Å². The van der Waals surface area contributed by atoms with Crippen LogP contribution in [0.25, 0.3) is 5.69 Å². The van der Waals surface area contributed by atoms with Crippen LogP contribution in [0.15, 0.2) is 30.6 Å². The molecule has 1 fully saturated rings. The smallest absolute Gasteiger partial charge is 0.243 e. The Kier molecular flexibility index (Phi) is 6.75. The Morgan fingerprint density at radius 1 is 1.09 bits per heavy atom. The molecule has 1 aromatic carbocycles. The molecular formula is C23H28N6O5S. The molecule has 2 aromatic heterocycles. The maximum Gasteiger partial charge on any atom is 0.243 e. The third-order valence-corrected chi connectivity index (χ3v) is 7.95. The van der Waals surface area contributed by atoms with Crippen LogP contribution < -0.4 is 14.2 Å². The number of nitrogens with one attached hydrogen (secondary N) is 1. The number of aromatic nitrogens is 5. The first-order valence-electron chi connectivity index (χ1n) is 11.2. The topological polar surface area (TPSA) is 138 Å². The zero-order chi connectivity index (χ0) is 25.3. The first-order valence-corrected chi connectivity index (χ1v) is 12.7. The summed E-state index contributed by atoms with van der Waals surface area (Å²) < 4.78 is 41.7. The van der Waals surface area contributed by atoms with Gasteiger partial charge in [-0.1, -0.05) is 13.0 Å². The highest BCUT2D eigenvalue weighted by Gasteiger charge is 2.37. The van der Waals surface area contributed by atoms with Gasteiger partial charge in [-0.15, -0.1) is 10.2 Å². The number of Topliss-reactive ketones (excluding diaryl/α,β-unsaturated/α-hetero) is 1. The highest BCUT2D eigenvalue weighted by molar-refractivity contribution is 7.93. The number of nitrogens with zero attached hydrogens (tertiary/aromatic N) is 5. The van der Waals surface area contributed by atoms with Gasteiger partial charge in [-0.05, 0) is 44.4 Å². The average Bonchev–Trinajstić information content (AvgIpc) is 3.63. The predicted octanol–water partition coefficient (Wildman–Crippen LogP) is 2.91. The fourth-order valence-corrected chi connectivity index (χ4v) is 4.87. The number of rotatable bonds is 10. The number of carbonyl (C=O) groups excluding carboxylic acids is 1. The number of benzene rings is 1. The highest BCUT2D eigenvalue weighted by atomic mass is 32.2. The molecule has 1 aliphatic carbocycles. The minimum absolute atomic E-state index is 0.00979. The molecule has 12 heteroatoms. The summed E-state index contributed by atoms with van der Waals surface area (Å²) in [5.41, 5.74) is 1.20. The van der Waals surface area contributed by atoms with E-state index in [1.54, 1.807) is 44.4 Å². The molecule has 0 amide bonds. The van der Waals surface area contributed by atoms with Crippen LogP contribution in [0.4, 0.5) is 5.95 Å². The van der Waals surface area contributed by atoms with Gasteiger partial charge in [-0.2, -0.15) is 0 Å². The minimum atomic E-state index is -4.00. The maximum atomic E-state index is 13.4. The molecule has 1 N–H and O–H groups in total. The van der Waals surface area contributed by atoms with Gasteiger partial charge in [0.2, 0.25) is 27.6 Å². The van der Waals surface area contributed by atoms with Crippen molar-refractivity contribution in [2.24, 2.45) is 5.92 Å². The van der Waals surface area contributed by atoms with Gasteiger partial charge >= 0.3 is 0 Å². The Balaban J connectivity index is 1.77. The molecule has 0 aliphatic heterocycles. The van der Waals surface area contributed by atoms with Crippen molar-refractivity contribution in [3.8, 4) is 17.2 Å². The van der Waals surface area contributed by atoms with Gasteiger partial charge in [-0.3, -0.25) is 14.1 Å². The molecule has 0 bridgehead atoms. The van der Waals surface area contributed by atoms with Crippen molar-refractivity contribution in [1.82, 2.24) is 24.7 Å². The van der Waals surface area contributed by atoms with E-state index >= 15 is 0 Å². The quantitative estimate of drug-likeness (QED) is 0.416. The summed E-state index contributed by atoms with van der Waals surface area (Å²) in [5.74, 6) is 0.110. The van der Waals surface area contributed by atoms with Gasteiger partial charge in [-0.25, -0.2) is 18.4 Å². The summed E-state index contributed by atoms with van der Waals surface area (Å²) in [5, 5.41) is 7.19. The Morgan fingerprint density at radius 3 is 2.23 bits per heavy atom. The fourth-order valence-electron chi connectivity index (χ4n) is 3.64. The molecule has 2 heterocycles. The van der Waals surface area contributed by atoms with Gasteiger partial charge in [0.15, 0.2) is 0 Å². The van der Waals surface area contributed by atoms with Crippen LogP contribution in [0.5, 0.6) is 11.5 Å². The minimum Gasteiger partial charge on any atom is -0.494 e. The Bertz CT molecular complexity index is 1310. The predicted molar refractivity (Wildman–Crippen MR) is 129 cm³/mol. The molecule has 4 rings (SSSR count). The van der Waals surface area contributed by atoms with Crippen LogP contribution in [0, 0.1) is 12.8 Å². The summed E-state index contributed by atoms with van der Waals surface area (Å²) in [4.78, 5) is 21.6. The average molecular weight is 501 g/mol. The van der Waals surface area contributed by atoms with Crippen LogP contribution in [-0.4, -0.2) is 58.4 Å². The first-order chi connectivity index (χ1) is 16.7. The summed E-state index contributed by atoms with van der Waals surface area (Å²) in [6, 6.07) is 5.09. The lowest BCUT2D eigenvalue weighted by Crippen LogP contribution is -2.31. The number of anilines is 1. The lowest BCUT2D eigenvalue weighted by atomic mass is 10.1. The molecule has 0 saturated heterocycles. The van der Waals surface area contributed by atoms with Crippen LogP contribution in [0.1, 0.15) is 54.6 Å². The van der Waals surface area contributed by atoms with Gasteiger partial charge in [0.1, 0.15) is 23.0 Å². The summed E-state index contributed by atoms with van der Waals surface area (Å²) in [7, 11) is -1.06. The molecule has 35 heavy (non-hydrogen) atoms. The number of carbonyl (C=O) groups is 1. The van der Waals surface area contributed by atoms with E-state index in [-0.39, 0.29) is 23.5 Å². The molecule has 0 spiro atoms. The monoisotopic (exact) mass is 500 g/mol. The zero-order valence-electron chi connectivity index (χ0n) is 20.2. The largest absolute Gasteiger partial charge is 0.494 e. The summed E-state index contributed by atoms with van der Waals surface area (Å²) in [6.07, 6.45) is 4.79. The molecule has 2 atom stereocenters. The Hall–Kier alpha value is -3.54. The van der Waals surface area contributed by atoms with Crippen molar-refractivity contribution in [2.45, 2.75) is 44.8 Å². The van der Waals surface area contributed by atoms with Crippen molar-refractivity contribution < 1.29 is 22.7 Å². The van der Waals surface area contributed by atoms with Crippen LogP contribution >= 0.6 is 0 Å². The molecule has 0 radical (unpaired) electrons. The third kappa shape index (κ3) is 4.83. The van der Waals surface area contributed by atoms with E-state index in [1.807, 2.05) is 6.92 Å². The summed E-state index contributed by atoms with van der Waals surface area (Å²) >= 11 is 0. The summed E-state index contributed by atoms with van der Waals surface area (Å²) in [6.45, 7) is 5.16. The maximum absolute atomic E-state index is 13.4. The zero-order valence-corrected chi connectivity index (χ0v) is 21.0. The van der Waals surface area contributed by atoms with E-state index < -0.39 is 21.2 Å². The van der Waals surface area contributed by atoms with E-state index in [0.29, 0.717) is 23.0 Å². The highest BCUT2D eigenvalue weighted by Crippen LogP contribution is 2.38. The normalized spacial score (nSPS) is 15.3. The van der Waals surface area contributed by atoms with Gasteiger partial charge in [0.25, 0.3) is 0 Å². The second-order valence-corrected chi connectivity index (χ2v) is 10.6. The van der Waals surface area contributed by atoms with E-state index in [0.717, 1.165) is 18.4 Å².